The van der Waals surface area contributed by atoms with Crippen LogP contribution >= 0.6 is 0 Å². The predicted molar refractivity (Wildman–Crippen MR) is 78.7 cm³/mol. The first-order valence-corrected chi connectivity index (χ1v) is 8.09. The molecular formula is C13H19N3O4S. The summed E-state index contributed by atoms with van der Waals surface area (Å²) in [6, 6.07) is 4.31. The van der Waals surface area contributed by atoms with Crippen LogP contribution in [0.5, 0.6) is 0 Å². The van der Waals surface area contributed by atoms with Gasteiger partial charge in [0.2, 0.25) is 0 Å². The van der Waals surface area contributed by atoms with Crippen molar-refractivity contribution < 1.29 is 13.3 Å². The molecule has 1 aliphatic rings. The van der Waals surface area contributed by atoms with E-state index in [1.165, 1.54) is 16.4 Å². The van der Waals surface area contributed by atoms with Gasteiger partial charge in [-0.05, 0) is 26.3 Å². The van der Waals surface area contributed by atoms with Gasteiger partial charge >= 0.3 is 0 Å². The van der Waals surface area contributed by atoms with Crippen molar-refractivity contribution in [2.24, 2.45) is 0 Å². The van der Waals surface area contributed by atoms with Crippen molar-refractivity contribution >= 4 is 15.7 Å². The third-order valence-corrected chi connectivity index (χ3v) is 5.96. The zero-order valence-corrected chi connectivity index (χ0v) is 13.1. The van der Waals surface area contributed by atoms with Gasteiger partial charge in [-0.1, -0.05) is 12.1 Å². The van der Waals surface area contributed by atoms with Gasteiger partial charge in [-0.2, -0.15) is 4.31 Å². The number of hydrogen-bond acceptors (Lipinski definition) is 5. The summed E-state index contributed by atoms with van der Waals surface area (Å²) in [5.74, 6) is 0. The Morgan fingerprint density at radius 3 is 2.62 bits per heavy atom. The molecule has 0 atom stereocenters. The van der Waals surface area contributed by atoms with Crippen molar-refractivity contribution in [1.82, 2.24) is 9.62 Å². The predicted octanol–water partition coefficient (Wildman–Crippen LogP) is 1.28. The Morgan fingerprint density at radius 2 is 2.05 bits per heavy atom. The number of nitro groups is 1. The van der Waals surface area contributed by atoms with Crippen molar-refractivity contribution in [1.29, 1.82) is 0 Å². The molecule has 1 aliphatic heterocycles. The Hall–Kier alpha value is -1.51. The van der Waals surface area contributed by atoms with E-state index < -0.39 is 20.5 Å². The number of rotatable bonds is 3. The van der Waals surface area contributed by atoms with Gasteiger partial charge in [0, 0.05) is 31.2 Å². The van der Waals surface area contributed by atoms with Gasteiger partial charge in [0.15, 0.2) is 4.90 Å². The summed E-state index contributed by atoms with van der Waals surface area (Å²) in [4.78, 5) is 10.3. The molecule has 0 bridgehead atoms. The highest BCUT2D eigenvalue weighted by Gasteiger charge is 2.42. The number of benzene rings is 1. The number of nitrogens with zero attached hydrogens (tertiary/aromatic N) is 2. The molecule has 1 aromatic rings. The van der Waals surface area contributed by atoms with E-state index in [-0.39, 0.29) is 10.6 Å². The lowest BCUT2D eigenvalue weighted by Gasteiger charge is -2.41. The summed E-state index contributed by atoms with van der Waals surface area (Å²) < 4.78 is 27.2. The molecule has 0 aliphatic carbocycles. The molecular weight excluding hydrogens is 294 g/mol. The van der Waals surface area contributed by atoms with Gasteiger partial charge in [0.25, 0.3) is 15.7 Å². The molecule has 0 spiro atoms. The largest absolute Gasteiger partial charge is 0.314 e. The highest BCUT2D eigenvalue weighted by Crippen LogP contribution is 2.33. The van der Waals surface area contributed by atoms with Crippen LogP contribution in [0.1, 0.15) is 19.4 Å². The zero-order chi connectivity index (χ0) is 15.8. The van der Waals surface area contributed by atoms with E-state index in [0.717, 1.165) is 0 Å². The van der Waals surface area contributed by atoms with E-state index in [0.29, 0.717) is 25.2 Å². The maximum absolute atomic E-state index is 12.9. The Morgan fingerprint density at radius 1 is 1.38 bits per heavy atom. The SMILES string of the molecule is Cc1cccc([N+](=O)[O-])c1S(=O)(=O)N1CCNCC1(C)C. The minimum Gasteiger partial charge on any atom is -0.314 e. The molecule has 0 amide bonds. The number of nitro benzene ring substituents is 1. The second-order valence-corrected chi connectivity index (χ2v) is 7.55. The second kappa shape index (κ2) is 5.36. The number of hydrogen-bond donors (Lipinski definition) is 1. The molecule has 7 nitrogen and oxygen atoms in total. The van der Waals surface area contributed by atoms with E-state index in [1.807, 2.05) is 0 Å². The van der Waals surface area contributed by atoms with Gasteiger partial charge in [-0.3, -0.25) is 10.1 Å². The van der Waals surface area contributed by atoms with Crippen LogP contribution in [-0.4, -0.2) is 42.8 Å². The first kappa shape index (κ1) is 15.9. The number of piperazine rings is 1. The normalized spacial score (nSPS) is 19.4. The lowest BCUT2D eigenvalue weighted by atomic mass is 10.0. The number of aryl methyl sites for hydroxylation is 1. The molecule has 0 aromatic heterocycles. The molecule has 116 valence electrons. The van der Waals surface area contributed by atoms with Crippen LogP contribution in [0.2, 0.25) is 0 Å². The van der Waals surface area contributed by atoms with E-state index in [4.69, 9.17) is 0 Å². The Balaban J connectivity index is 2.62. The Bertz CT molecular complexity index is 670. The molecule has 2 rings (SSSR count). The molecule has 1 saturated heterocycles. The van der Waals surface area contributed by atoms with E-state index in [1.54, 1.807) is 26.8 Å². The van der Waals surface area contributed by atoms with E-state index >= 15 is 0 Å². The van der Waals surface area contributed by atoms with Crippen LogP contribution in [0, 0.1) is 17.0 Å². The summed E-state index contributed by atoms with van der Waals surface area (Å²) in [5, 5.41) is 14.3. The fraction of sp³-hybridized carbons (Fsp3) is 0.538. The van der Waals surface area contributed by atoms with E-state index in [9.17, 15) is 18.5 Å². The zero-order valence-electron chi connectivity index (χ0n) is 12.3. The molecule has 1 aromatic carbocycles. The van der Waals surface area contributed by atoms with Gasteiger partial charge in [-0.15, -0.1) is 0 Å². The fourth-order valence-corrected chi connectivity index (χ4v) is 4.79. The van der Waals surface area contributed by atoms with Crippen LogP contribution in [0.15, 0.2) is 23.1 Å². The fourth-order valence-electron chi connectivity index (χ4n) is 2.64. The summed E-state index contributed by atoms with van der Waals surface area (Å²) in [5.41, 5.74) is -0.615. The summed E-state index contributed by atoms with van der Waals surface area (Å²) in [7, 11) is -3.92. The number of nitrogens with one attached hydrogen (secondary N) is 1. The summed E-state index contributed by atoms with van der Waals surface area (Å²) in [6.45, 7) is 6.52. The molecule has 8 heteroatoms. The third-order valence-electron chi connectivity index (χ3n) is 3.66. The quantitative estimate of drug-likeness (QED) is 0.670. The molecule has 0 radical (unpaired) electrons. The average molecular weight is 313 g/mol. The number of sulfonamides is 1. The van der Waals surface area contributed by atoms with Crippen molar-refractivity contribution in [2.75, 3.05) is 19.6 Å². The van der Waals surface area contributed by atoms with Crippen molar-refractivity contribution in [3.63, 3.8) is 0 Å². The highest BCUT2D eigenvalue weighted by atomic mass is 32.2. The molecule has 21 heavy (non-hydrogen) atoms. The van der Waals surface area contributed by atoms with Crippen molar-refractivity contribution in [3.05, 3.63) is 33.9 Å². The van der Waals surface area contributed by atoms with Gasteiger partial charge < -0.3 is 5.32 Å². The Kier molecular flexibility index (Phi) is 4.05. The van der Waals surface area contributed by atoms with Crippen LogP contribution in [0.25, 0.3) is 0 Å². The summed E-state index contributed by atoms with van der Waals surface area (Å²) in [6.07, 6.45) is 0. The minimum absolute atomic E-state index is 0.204. The van der Waals surface area contributed by atoms with E-state index in [2.05, 4.69) is 5.32 Å². The van der Waals surface area contributed by atoms with Gasteiger partial charge in [0.1, 0.15) is 0 Å². The molecule has 1 heterocycles. The molecule has 1 N–H and O–H groups in total. The van der Waals surface area contributed by atoms with Crippen LogP contribution in [-0.2, 0) is 10.0 Å². The average Bonchev–Trinajstić information content (AvgIpc) is 2.37. The van der Waals surface area contributed by atoms with Crippen molar-refractivity contribution in [2.45, 2.75) is 31.2 Å². The van der Waals surface area contributed by atoms with Crippen LogP contribution in [0.3, 0.4) is 0 Å². The van der Waals surface area contributed by atoms with Gasteiger partial charge in [-0.25, -0.2) is 8.42 Å². The maximum atomic E-state index is 12.9. The maximum Gasteiger partial charge on any atom is 0.289 e. The molecule has 0 unspecified atom stereocenters. The Labute approximate surface area is 124 Å². The topological polar surface area (TPSA) is 92.5 Å². The van der Waals surface area contributed by atoms with Crippen molar-refractivity contribution in [3.8, 4) is 0 Å². The monoisotopic (exact) mass is 313 g/mol. The highest BCUT2D eigenvalue weighted by molar-refractivity contribution is 7.89. The second-order valence-electron chi connectivity index (χ2n) is 5.75. The molecule has 1 fully saturated rings. The van der Waals surface area contributed by atoms with Gasteiger partial charge in [0.05, 0.1) is 4.92 Å². The third kappa shape index (κ3) is 2.78. The van der Waals surface area contributed by atoms with Crippen LogP contribution < -0.4 is 5.32 Å². The first-order valence-electron chi connectivity index (χ1n) is 6.65. The smallest absolute Gasteiger partial charge is 0.289 e. The minimum atomic E-state index is -3.92. The standard InChI is InChI=1S/C13H19N3O4S/c1-10-5-4-6-11(16(17)18)12(10)21(19,20)15-8-7-14-9-13(15,2)3/h4-6,14H,7-9H2,1-3H3. The first-order chi connectivity index (χ1) is 9.68. The summed E-state index contributed by atoms with van der Waals surface area (Å²) >= 11 is 0. The lowest BCUT2D eigenvalue weighted by Crippen LogP contribution is -2.59. The van der Waals surface area contributed by atoms with Crippen LogP contribution in [0.4, 0.5) is 5.69 Å². The lowest BCUT2D eigenvalue weighted by molar-refractivity contribution is -0.388. The molecule has 0 saturated carbocycles.